The van der Waals surface area contributed by atoms with E-state index < -0.39 is 0 Å². The molecule has 0 amide bonds. The maximum atomic E-state index is 2.39. The lowest BCUT2D eigenvalue weighted by Gasteiger charge is -2.19. The van der Waals surface area contributed by atoms with Gasteiger partial charge in [-0.25, -0.2) is 0 Å². The topological polar surface area (TPSA) is 3.24 Å². The molecule has 0 aromatic heterocycles. The quantitative estimate of drug-likeness (QED) is 0.275. The fraction of sp³-hybridized carbons (Fsp3) is 0.750. The minimum atomic E-state index is 1.18. The molecule has 0 heterocycles. The first-order valence-corrected chi connectivity index (χ1v) is 11.0. The lowest BCUT2D eigenvalue weighted by atomic mass is 10.0. The summed E-state index contributed by atoms with van der Waals surface area (Å²) in [7, 11) is 2.22. The number of rotatable bonds is 16. The maximum absolute atomic E-state index is 2.39. The van der Waals surface area contributed by atoms with Crippen LogP contribution < -0.4 is 4.90 Å². The number of aryl methyl sites for hydroxylation is 1. The van der Waals surface area contributed by atoms with Crippen LogP contribution >= 0.6 is 0 Å². The number of nitrogens with zero attached hydrogens (tertiary/aromatic N) is 1. The van der Waals surface area contributed by atoms with E-state index in [1.54, 1.807) is 0 Å². The van der Waals surface area contributed by atoms with E-state index in [9.17, 15) is 0 Å². The minimum absolute atomic E-state index is 1.18. The third-order valence-corrected chi connectivity index (χ3v) is 5.32. The molecule has 144 valence electrons. The molecule has 0 aliphatic carbocycles. The first-order chi connectivity index (χ1) is 12.2. The van der Waals surface area contributed by atoms with Gasteiger partial charge in [0.1, 0.15) is 0 Å². The number of unbranched alkanes of at least 4 members (excludes halogenated alkanes) is 13. The monoisotopic (exact) mass is 345 g/mol. The second kappa shape index (κ2) is 15.3. The summed E-state index contributed by atoms with van der Waals surface area (Å²) >= 11 is 0. The van der Waals surface area contributed by atoms with E-state index in [2.05, 4.69) is 50.1 Å². The molecule has 1 aromatic rings. The van der Waals surface area contributed by atoms with Crippen LogP contribution in [0.4, 0.5) is 5.69 Å². The van der Waals surface area contributed by atoms with Crippen LogP contribution in [0.2, 0.25) is 0 Å². The molecule has 0 fully saturated rings. The molecule has 0 saturated heterocycles. The van der Waals surface area contributed by atoms with Crippen LogP contribution in [0.5, 0.6) is 0 Å². The van der Waals surface area contributed by atoms with Gasteiger partial charge in [-0.05, 0) is 25.5 Å². The van der Waals surface area contributed by atoms with Crippen LogP contribution in [0.1, 0.15) is 102 Å². The molecule has 0 spiro atoms. The Morgan fingerprint density at radius 1 is 0.600 bits per heavy atom. The summed E-state index contributed by atoms with van der Waals surface area (Å²) in [5, 5.41) is 0. The van der Waals surface area contributed by atoms with E-state index in [0.29, 0.717) is 0 Å². The van der Waals surface area contributed by atoms with Gasteiger partial charge in [0.15, 0.2) is 0 Å². The van der Waals surface area contributed by atoms with Crippen molar-refractivity contribution < 1.29 is 0 Å². The Hall–Kier alpha value is -0.980. The molecule has 1 nitrogen and oxygen atoms in total. The van der Waals surface area contributed by atoms with Gasteiger partial charge in [-0.2, -0.15) is 0 Å². The molecule has 0 radical (unpaired) electrons. The highest BCUT2D eigenvalue weighted by Gasteiger charge is 2.00. The molecule has 0 atom stereocenters. The zero-order valence-electron chi connectivity index (χ0n) is 17.4. The van der Waals surface area contributed by atoms with Crippen molar-refractivity contribution in [1.29, 1.82) is 0 Å². The molecule has 0 saturated carbocycles. The smallest absolute Gasteiger partial charge is 0.0363 e. The Balaban J connectivity index is 1.83. The molecule has 0 N–H and O–H groups in total. The van der Waals surface area contributed by atoms with Crippen molar-refractivity contribution in [3.05, 3.63) is 29.8 Å². The van der Waals surface area contributed by atoms with Gasteiger partial charge in [-0.3, -0.25) is 0 Å². The highest BCUT2D eigenvalue weighted by Crippen LogP contribution is 2.15. The SMILES string of the molecule is CCCCCCCCCCCCCCCCN(C)c1ccc(C)cc1. The summed E-state index contributed by atoms with van der Waals surface area (Å²) in [5.74, 6) is 0. The first kappa shape index (κ1) is 22.1. The number of hydrogen-bond acceptors (Lipinski definition) is 1. The predicted molar refractivity (Wildman–Crippen MR) is 115 cm³/mol. The standard InChI is InChI=1S/C24H43N/c1-4-5-6-7-8-9-10-11-12-13-14-15-16-17-22-25(3)24-20-18-23(2)19-21-24/h18-21H,4-17,22H2,1-3H3. The molecule has 25 heavy (non-hydrogen) atoms. The van der Waals surface area contributed by atoms with Gasteiger partial charge < -0.3 is 4.90 Å². The minimum Gasteiger partial charge on any atom is -0.375 e. The molecule has 1 rings (SSSR count). The Kier molecular flexibility index (Phi) is 13.5. The van der Waals surface area contributed by atoms with Crippen molar-refractivity contribution in [3.63, 3.8) is 0 Å². The number of benzene rings is 1. The van der Waals surface area contributed by atoms with Gasteiger partial charge in [-0.1, -0.05) is 108 Å². The summed E-state index contributed by atoms with van der Waals surface area (Å²) in [4.78, 5) is 2.39. The van der Waals surface area contributed by atoms with Gasteiger partial charge in [0.25, 0.3) is 0 Å². The Morgan fingerprint density at radius 3 is 1.44 bits per heavy atom. The molecule has 0 aliphatic heterocycles. The van der Waals surface area contributed by atoms with Crippen LogP contribution in [0.25, 0.3) is 0 Å². The fourth-order valence-electron chi connectivity index (χ4n) is 3.47. The predicted octanol–water partition coefficient (Wildman–Crippen LogP) is 7.91. The highest BCUT2D eigenvalue weighted by molar-refractivity contribution is 5.46. The van der Waals surface area contributed by atoms with Crippen molar-refractivity contribution >= 4 is 5.69 Å². The van der Waals surface area contributed by atoms with Crippen LogP contribution in [0.15, 0.2) is 24.3 Å². The van der Waals surface area contributed by atoms with Gasteiger partial charge in [0, 0.05) is 19.3 Å². The van der Waals surface area contributed by atoms with Gasteiger partial charge >= 0.3 is 0 Å². The Labute approximate surface area is 158 Å². The number of hydrogen-bond donors (Lipinski definition) is 0. The lowest BCUT2D eigenvalue weighted by Crippen LogP contribution is -2.18. The Morgan fingerprint density at radius 2 is 1.00 bits per heavy atom. The van der Waals surface area contributed by atoms with Gasteiger partial charge in [0.2, 0.25) is 0 Å². The molecule has 1 aromatic carbocycles. The van der Waals surface area contributed by atoms with Crippen molar-refractivity contribution in [2.75, 3.05) is 18.5 Å². The molecule has 0 unspecified atom stereocenters. The first-order valence-electron chi connectivity index (χ1n) is 11.0. The van der Waals surface area contributed by atoms with Crippen molar-refractivity contribution in [3.8, 4) is 0 Å². The normalized spacial score (nSPS) is 11.0. The average molecular weight is 346 g/mol. The zero-order chi connectivity index (χ0) is 18.2. The van der Waals surface area contributed by atoms with Gasteiger partial charge in [0.05, 0.1) is 0 Å². The molecular formula is C24H43N. The van der Waals surface area contributed by atoms with Crippen LogP contribution in [0.3, 0.4) is 0 Å². The summed E-state index contributed by atoms with van der Waals surface area (Å²) in [6, 6.07) is 8.88. The van der Waals surface area contributed by atoms with Crippen molar-refractivity contribution in [2.24, 2.45) is 0 Å². The van der Waals surface area contributed by atoms with E-state index >= 15 is 0 Å². The summed E-state index contributed by atoms with van der Waals surface area (Å²) in [6.45, 7) is 5.63. The third-order valence-electron chi connectivity index (χ3n) is 5.32. The molecule has 0 bridgehead atoms. The fourth-order valence-corrected chi connectivity index (χ4v) is 3.47. The second-order valence-corrected chi connectivity index (χ2v) is 7.85. The Bertz CT molecular complexity index is 395. The van der Waals surface area contributed by atoms with Crippen molar-refractivity contribution in [2.45, 2.75) is 104 Å². The average Bonchev–Trinajstić information content (AvgIpc) is 2.62. The van der Waals surface area contributed by atoms with E-state index in [0.717, 1.165) is 0 Å². The largest absolute Gasteiger partial charge is 0.375 e. The maximum Gasteiger partial charge on any atom is 0.0363 e. The lowest BCUT2D eigenvalue weighted by molar-refractivity contribution is 0.535. The molecular weight excluding hydrogens is 302 g/mol. The van der Waals surface area contributed by atoms with Gasteiger partial charge in [-0.15, -0.1) is 0 Å². The second-order valence-electron chi connectivity index (χ2n) is 7.85. The number of anilines is 1. The third kappa shape index (κ3) is 12.1. The van der Waals surface area contributed by atoms with E-state index in [4.69, 9.17) is 0 Å². The zero-order valence-corrected chi connectivity index (χ0v) is 17.4. The summed E-state index contributed by atoms with van der Waals surface area (Å²) < 4.78 is 0. The highest BCUT2D eigenvalue weighted by atomic mass is 15.1. The summed E-state index contributed by atoms with van der Waals surface area (Å²) in [5.41, 5.74) is 2.69. The van der Waals surface area contributed by atoms with Crippen LogP contribution in [-0.2, 0) is 0 Å². The summed E-state index contributed by atoms with van der Waals surface area (Å²) in [6.07, 6.45) is 20.0. The van der Waals surface area contributed by atoms with E-state index in [-0.39, 0.29) is 0 Å². The van der Waals surface area contributed by atoms with Crippen molar-refractivity contribution in [1.82, 2.24) is 0 Å². The van der Waals surface area contributed by atoms with E-state index in [1.165, 1.54) is 108 Å². The molecule has 1 heteroatoms. The van der Waals surface area contributed by atoms with Crippen LogP contribution in [0, 0.1) is 6.92 Å². The van der Waals surface area contributed by atoms with Crippen LogP contribution in [-0.4, -0.2) is 13.6 Å². The van der Waals surface area contributed by atoms with E-state index in [1.807, 2.05) is 0 Å². The molecule has 0 aliphatic rings.